The van der Waals surface area contributed by atoms with Gasteiger partial charge in [-0.15, -0.1) is 0 Å². The summed E-state index contributed by atoms with van der Waals surface area (Å²) < 4.78 is 5.45. The van der Waals surface area contributed by atoms with Gasteiger partial charge in [0, 0.05) is 39.2 Å². The number of rotatable bonds is 12. The number of nitrogens with zero attached hydrogens (tertiary/aromatic N) is 2. The molecule has 3 aromatic rings. The predicted octanol–water partition coefficient (Wildman–Crippen LogP) is 5.32. The fourth-order valence-corrected chi connectivity index (χ4v) is 4.61. The Bertz CT molecular complexity index is 1080. The first-order valence-corrected chi connectivity index (χ1v) is 11.8. The van der Waals surface area contributed by atoms with Crippen LogP contribution in [0.15, 0.2) is 72.8 Å². The van der Waals surface area contributed by atoms with Crippen molar-refractivity contribution in [2.24, 2.45) is 5.92 Å². The highest BCUT2D eigenvalue weighted by atomic mass is 16.5. The highest BCUT2D eigenvalue weighted by molar-refractivity contribution is 5.86. The van der Waals surface area contributed by atoms with E-state index in [4.69, 9.17) is 4.74 Å². The van der Waals surface area contributed by atoms with Gasteiger partial charge in [0.1, 0.15) is 5.75 Å². The first kappa shape index (κ1) is 25.8. The lowest BCUT2D eigenvalue weighted by molar-refractivity contribution is -0.142. The Morgan fingerprint density at radius 2 is 1.54 bits per heavy atom. The van der Waals surface area contributed by atoms with E-state index >= 15 is 0 Å². The van der Waals surface area contributed by atoms with Crippen LogP contribution in [0.25, 0.3) is 0 Å². The Labute approximate surface area is 207 Å². The molecular formula is C29H34N2O4. The monoisotopic (exact) mass is 474 g/mol. The summed E-state index contributed by atoms with van der Waals surface area (Å²) >= 11 is 0. The lowest BCUT2D eigenvalue weighted by atomic mass is 9.79. The molecule has 3 aromatic carbocycles. The molecule has 0 amide bonds. The third-order valence-electron chi connectivity index (χ3n) is 6.41. The first-order valence-electron chi connectivity index (χ1n) is 11.8. The van der Waals surface area contributed by atoms with E-state index in [9.17, 15) is 14.7 Å². The zero-order valence-electron chi connectivity index (χ0n) is 20.8. The third kappa shape index (κ3) is 6.01. The van der Waals surface area contributed by atoms with Crippen molar-refractivity contribution in [3.8, 4) is 5.75 Å². The van der Waals surface area contributed by atoms with Crippen LogP contribution in [0.4, 0.5) is 11.4 Å². The lowest BCUT2D eigenvalue weighted by Crippen LogP contribution is -2.32. The van der Waals surface area contributed by atoms with Gasteiger partial charge in [0.2, 0.25) is 0 Å². The van der Waals surface area contributed by atoms with Crippen molar-refractivity contribution in [3.05, 3.63) is 89.5 Å². The van der Waals surface area contributed by atoms with Crippen LogP contribution in [-0.2, 0) is 4.79 Å². The number of ether oxygens (including phenoxy) is 1. The number of benzene rings is 3. The van der Waals surface area contributed by atoms with E-state index in [1.807, 2.05) is 98.7 Å². The second-order valence-electron chi connectivity index (χ2n) is 8.71. The van der Waals surface area contributed by atoms with E-state index in [0.29, 0.717) is 30.8 Å². The zero-order valence-corrected chi connectivity index (χ0v) is 20.8. The zero-order chi connectivity index (χ0) is 25.4. The van der Waals surface area contributed by atoms with Crippen LogP contribution >= 0.6 is 0 Å². The van der Waals surface area contributed by atoms with Crippen molar-refractivity contribution in [2.45, 2.75) is 19.3 Å². The fraction of sp³-hybridized carbons (Fsp3) is 0.310. The van der Waals surface area contributed by atoms with Gasteiger partial charge in [0.25, 0.3) is 0 Å². The number of carbonyl (C=O) groups is 2. The molecule has 0 spiro atoms. The van der Waals surface area contributed by atoms with Crippen LogP contribution in [-0.4, -0.2) is 51.7 Å². The Kier molecular flexibility index (Phi) is 8.90. The molecule has 6 heteroatoms. The van der Waals surface area contributed by atoms with E-state index in [2.05, 4.69) is 4.90 Å². The minimum absolute atomic E-state index is 0.270. The molecule has 1 unspecified atom stereocenters. The van der Waals surface area contributed by atoms with E-state index in [0.717, 1.165) is 28.8 Å². The molecule has 35 heavy (non-hydrogen) atoms. The Morgan fingerprint density at radius 1 is 0.971 bits per heavy atom. The molecule has 0 bridgehead atoms. The van der Waals surface area contributed by atoms with Gasteiger partial charge in [-0.1, -0.05) is 60.7 Å². The van der Waals surface area contributed by atoms with Gasteiger partial charge >= 0.3 is 5.97 Å². The molecule has 0 aliphatic carbocycles. The number of carboxylic acid groups (broad SMARTS) is 1. The van der Waals surface area contributed by atoms with Gasteiger partial charge < -0.3 is 19.6 Å². The SMILES string of the molecule is CCN(CCC(C(=O)O)C(c1ccccc1)c1ccccc1)c1cc(OC)c(C=O)cc1N(C)C. The minimum atomic E-state index is -0.819. The van der Waals surface area contributed by atoms with Gasteiger partial charge in [0.05, 0.1) is 30.0 Å². The Morgan fingerprint density at radius 3 is 1.97 bits per heavy atom. The van der Waals surface area contributed by atoms with Gasteiger partial charge in [-0.05, 0) is 30.5 Å². The summed E-state index contributed by atoms with van der Waals surface area (Å²) in [5.41, 5.74) is 4.23. The van der Waals surface area contributed by atoms with Crippen molar-refractivity contribution in [3.63, 3.8) is 0 Å². The molecule has 184 valence electrons. The first-order chi connectivity index (χ1) is 16.9. The number of anilines is 2. The number of hydrogen-bond donors (Lipinski definition) is 1. The number of carbonyl (C=O) groups excluding carboxylic acids is 1. The van der Waals surface area contributed by atoms with Gasteiger partial charge in [-0.2, -0.15) is 0 Å². The molecule has 0 saturated carbocycles. The molecule has 0 saturated heterocycles. The normalized spacial score (nSPS) is 11.7. The number of aliphatic carboxylic acids is 1. The highest BCUT2D eigenvalue weighted by Gasteiger charge is 2.31. The summed E-state index contributed by atoms with van der Waals surface area (Å²) in [6, 6.07) is 23.4. The van der Waals surface area contributed by atoms with Crippen LogP contribution in [0.1, 0.15) is 40.7 Å². The quantitative estimate of drug-likeness (QED) is 0.358. The number of carboxylic acids is 1. The summed E-state index contributed by atoms with van der Waals surface area (Å²) in [5.74, 6) is -1.21. The van der Waals surface area contributed by atoms with Crippen molar-refractivity contribution >= 4 is 23.6 Å². The maximum absolute atomic E-state index is 12.6. The molecule has 0 aromatic heterocycles. The van der Waals surface area contributed by atoms with E-state index in [1.165, 1.54) is 0 Å². The molecule has 0 aliphatic rings. The topological polar surface area (TPSA) is 70.1 Å². The second-order valence-corrected chi connectivity index (χ2v) is 8.71. The maximum atomic E-state index is 12.6. The molecule has 0 aliphatic heterocycles. The Hall–Kier alpha value is -3.80. The van der Waals surface area contributed by atoms with E-state index in [-0.39, 0.29) is 5.92 Å². The van der Waals surface area contributed by atoms with Gasteiger partial charge in [-0.25, -0.2) is 0 Å². The highest BCUT2D eigenvalue weighted by Crippen LogP contribution is 2.37. The Balaban J connectivity index is 1.97. The van der Waals surface area contributed by atoms with Crippen LogP contribution in [0.5, 0.6) is 5.75 Å². The third-order valence-corrected chi connectivity index (χ3v) is 6.41. The van der Waals surface area contributed by atoms with Gasteiger partial charge in [-0.3, -0.25) is 9.59 Å². The molecule has 6 nitrogen and oxygen atoms in total. The van der Waals surface area contributed by atoms with Crippen molar-refractivity contribution in [1.29, 1.82) is 0 Å². The minimum Gasteiger partial charge on any atom is -0.496 e. The molecule has 0 fully saturated rings. The summed E-state index contributed by atoms with van der Waals surface area (Å²) in [6.07, 6.45) is 1.24. The van der Waals surface area contributed by atoms with Crippen LogP contribution in [0, 0.1) is 5.92 Å². The smallest absolute Gasteiger partial charge is 0.307 e. The summed E-state index contributed by atoms with van der Waals surface area (Å²) in [5, 5.41) is 10.3. The summed E-state index contributed by atoms with van der Waals surface area (Å²) in [6.45, 7) is 3.26. The molecule has 1 atom stereocenters. The maximum Gasteiger partial charge on any atom is 0.307 e. The van der Waals surface area contributed by atoms with Crippen molar-refractivity contribution in [1.82, 2.24) is 0 Å². The molecule has 3 rings (SSSR count). The second kappa shape index (κ2) is 12.1. The van der Waals surface area contributed by atoms with Crippen LogP contribution < -0.4 is 14.5 Å². The van der Waals surface area contributed by atoms with Crippen LogP contribution in [0.2, 0.25) is 0 Å². The largest absolute Gasteiger partial charge is 0.496 e. The fourth-order valence-electron chi connectivity index (χ4n) is 4.61. The number of methoxy groups -OCH3 is 1. The molecule has 0 radical (unpaired) electrons. The summed E-state index contributed by atoms with van der Waals surface area (Å²) in [7, 11) is 5.39. The number of aldehydes is 1. The van der Waals surface area contributed by atoms with Crippen molar-refractivity contribution < 1.29 is 19.4 Å². The number of hydrogen-bond acceptors (Lipinski definition) is 5. The lowest BCUT2D eigenvalue weighted by Gasteiger charge is -2.32. The summed E-state index contributed by atoms with van der Waals surface area (Å²) in [4.78, 5) is 28.3. The van der Waals surface area contributed by atoms with E-state index in [1.54, 1.807) is 7.11 Å². The average Bonchev–Trinajstić information content (AvgIpc) is 2.88. The average molecular weight is 475 g/mol. The predicted molar refractivity (Wildman–Crippen MR) is 141 cm³/mol. The molecule has 1 N–H and O–H groups in total. The van der Waals surface area contributed by atoms with E-state index < -0.39 is 11.9 Å². The molecular weight excluding hydrogens is 440 g/mol. The standard InChI is InChI=1S/C29H34N2O4/c1-5-31(26-19-27(35-4)23(20-32)18-25(26)30(2)3)17-16-24(29(33)34)28(21-12-8-6-9-13-21)22-14-10-7-11-15-22/h6-15,18-20,24,28H,5,16-17H2,1-4H3,(H,33,34). The molecule has 0 heterocycles. The van der Waals surface area contributed by atoms with Crippen molar-refractivity contribution in [2.75, 3.05) is 44.1 Å². The van der Waals surface area contributed by atoms with Crippen LogP contribution in [0.3, 0.4) is 0 Å². The van der Waals surface area contributed by atoms with Gasteiger partial charge in [0.15, 0.2) is 6.29 Å².